The van der Waals surface area contributed by atoms with Gasteiger partial charge in [0.15, 0.2) is 0 Å². The quantitative estimate of drug-likeness (QED) is 0.359. The van der Waals surface area contributed by atoms with Crippen molar-refractivity contribution in [2.24, 2.45) is 0 Å². The van der Waals surface area contributed by atoms with E-state index >= 15 is 0 Å². The molecule has 1 aliphatic heterocycles. The predicted molar refractivity (Wildman–Crippen MR) is 131 cm³/mol. The molecule has 2 N–H and O–H groups in total. The number of nitrogens with one attached hydrogen (secondary N) is 1. The third kappa shape index (κ3) is 3.66. The van der Waals surface area contributed by atoms with E-state index in [2.05, 4.69) is 24.8 Å². The minimum Gasteiger partial charge on any atom is -0.478 e. The van der Waals surface area contributed by atoms with Crippen molar-refractivity contribution >= 4 is 34.4 Å². The zero-order valence-corrected chi connectivity index (χ0v) is 18.6. The molecule has 0 spiro atoms. The Kier molecular flexibility index (Phi) is 4.78. The van der Waals surface area contributed by atoms with Crippen molar-refractivity contribution < 1.29 is 9.90 Å². The maximum absolute atomic E-state index is 11.2. The summed E-state index contributed by atoms with van der Waals surface area (Å²) in [4.78, 5) is 30.5. The van der Waals surface area contributed by atoms with Crippen LogP contribution in [0, 0.1) is 0 Å². The number of hydrogen-bond donors (Lipinski definition) is 2. The van der Waals surface area contributed by atoms with Crippen molar-refractivity contribution in [2.75, 3.05) is 4.90 Å². The van der Waals surface area contributed by atoms with E-state index in [-0.39, 0.29) is 0 Å². The summed E-state index contributed by atoms with van der Waals surface area (Å²) in [5, 5.41) is 9.88. The average molecular weight is 468 g/mol. The second kappa shape index (κ2) is 7.97. The number of H-pyrrole nitrogens is 1. The van der Waals surface area contributed by atoms with Gasteiger partial charge in [-0.15, -0.1) is 0 Å². The molecule has 7 nitrogen and oxygen atoms in total. The van der Waals surface area contributed by atoms with Gasteiger partial charge in [-0.25, -0.2) is 14.8 Å². The van der Waals surface area contributed by atoms with Crippen LogP contribution < -0.4 is 4.90 Å². The van der Waals surface area contributed by atoms with E-state index < -0.39 is 5.97 Å². The highest BCUT2D eigenvalue weighted by molar-refractivity contribution is 6.31. The van der Waals surface area contributed by atoms with Crippen LogP contribution in [0.1, 0.15) is 21.5 Å². The van der Waals surface area contributed by atoms with Crippen LogP contribution in [0.15, 0.2) is 73.1 Å². The van der Waals surface area contributed by atoms with Gasteiger partial charge in [-0.2, -0.15) is 0 Å². The number of anilines is 1. The molecule has 0 amide bonds. The molecule has 0 atom stereocenters. The summed E-state index contributed by atoms with van der Waals surface area (Å²) in [6.07, 6.45) is 3.60. The Morgan fingerprint density at radius 3 is 2.50 bits per heavy atom. The third-order valence-electron chi connectivity index (χ3n) is 6.02. The van der Waals surface area contributed by atoms with E-state index in [0.717, 1.165) is 50.6 Å². The fraction of sp³-hybridized carbons (Fsp3) is 0.0769. The fourth-order valence-electron chi connectivity index (χ4n) is 4.24. The van der Waals surface area contributed by atoms with E-state index in [0.29, 0.717) is 23.7 Å². The molecule has 0 fully saturated rings. The first-order valence-electron chi connectivity index (χ1n) is 10.7. The molecule has 0 saturated heterocycles. The van der Waals surface area contributed by atoms with Crippen LogP contribution in [-0.4, -0.2) is 31.0 Å². The van der Waals surface area contributed by atoms with Gasteiger partial charge in [-0.1, -0.05) is 17.7 Å². The molecular weight excluding hydrogens is 450 g/mol. The number of hydrogen-bond acceptors (Lipinski definition) is 5. The zero-order chi connectivity index (χ0) is 23.2. The first-order valence-corrected chi connectivity index (χ1v) is 11.1. The van der Waals surface area contributed by atoms with Gasteiger partial charge < -0.3 is 15.0 Å². The largest absolute Gasteiger partial charge is 0.478 e. The van der Waals surface area contributed by atoms with Gasteiger partial charge in [0.2, 0.25) is 0 Å². The van der Waals surface area contributed by atoms with E-state index in [9.17, 15) is 9.90 Å². The van der Waals surface area contributed by atoms with Gasteiger partial charge in [0.05, 0.1) is 22.3 Å². The predicted octanol–water partition coefficient (Wildman–Crippen LogP) is 5.56. The van der Waals surface area contributed by atoms with E-state index in [1.165, 1.54) is 0 Å². The first kappa shape index (κ1) is 20.4. The van der Waals surface area contributed by atoms with Crippen molar-refractivity contribution in [1.82, 2.24) is 19.9 Å². The molecule has 0 bridgehead atoms. The summed E-state index contributed by atoms with van der Waals surface area (Å²) >= 11 is 6.07. The molecule has 0 aliphatic carbocycles. The van der Waals surface area contributed by atoms with Crippen molar-refractivity contribution in [3.8, 4) is 22.6 Å². The van der Waals surface area contributed by atoms with Crippen molar-refractivity contribution in [2.45, 2.75) is 13.1 Å². The molecule has 8 heteroatoms. The second-order valence-corrected chi connectivity index (χ2v) is 8.67. The monoisotopic (exact) mass is 467 g/mol. The smallest absolute Gasteiger partial charge is 0.335 e. The van der Waals surface area contributed by atoms with Crippen molar-refractivity contribution in [3.63, 3.8) is 0 Å². The van der Waals surface area contributed by atoms with Crippen LogP contribution in [-0.2, 0) is 13.1 Å². The Hall–Kier alpha value is -4.23. The third-order valence-corrected chi connectivity index (χ3v) is 6.26. The van der Waals surface area contributed by atoms with E-state index in [1.54, 1.807) is 18.3 Å². The van der Waals surface area contributed by atoms with Crippen LogP contribution in [0.4, 0.5) is 5.82 Å². The van der Waals surface area contributed by atoms with Gasteiger partial charge in [0, 0.05) is 41.6 Å². The van der Waals surface area contributed by atoms with Gasteiger partial charge in [-0.05, 0) is 65.7 Å². The number of aromatic carboxylic acids is 1. The summed E-state index contributed by atoms with van der Waals surface area (Å²) in [5.74, 6) is 0.672. The number of imidazole rings is 1. The van der Waals surface area contributed by atoms with Crippen LogP contribution in [0.3, 0.4) is 0 Å². The summed E-state index contributed by atoms with van der Waals surface area (Å²) in [6.45, 7) is 1.34. The molecule has 4 heterocycles. The summed E-state index contributed by atoms with van der Waals surface area (Å²) in [6, 6.07) is 18.7. The maximum atomic E-state index is 11.2. The number of fused-ring (bicyclic) bond motifs is 2. The summed E-state index contributed by atoms with van der Waals surface area (Å²) in [7, 11) is 0. The number of carboxylic acids is 1. The van der Waals surface area contributed by atoms with Gasteiger partial charge in [-0.3, -0.25) is 4.98 Å². The Balaban J connectivity index is 1.20. The highest BCUT2D eigenvalue weighted by Crippen LogP contribution is 2.29. The lowest BCUT2D eigenvalue weighted by Crippen LogP contribution is -2.15. The molecule has 166 valence electrons. The normalized spacial score (nSPS) is 12.8. The molecule has 0 radical (unpaired) electrons. The average Bonchev–Trinajstić information content (AvgIpc) is 3.47. The Morgan fingerprint density at radius 2 is 1.74 bits per heavy atom. The van der Waals surface area contributed by atoms with Crippen LogP contribution in [0.5, 0.6) is 0 Å². The molecule has 5 aromatic rings. The fourth-order valence-corrected chi connectivity index (χ4v) is 4.41. The number of rotatable bonds is 4. The summed E-state index contributed by atoms with van der Waals surface area (Å²) < 4.78 is 0. The maximum Gasteiger partial charge on any atom is 0.335 e. The number of pyridine rings is 2. The van der Waals surface area contributed by atoms with Crippen LogP contribution in [0.2, 0.25) is 5.02 Å². The molecule has 0 saturated carbocycles. The highest BCUT2D eigenvalue weighted by Gasteiger charge is 2.21. The number of nitrogens with zero attached hydrogens (tertiary/aromatic N) is 4. The molecule has 6 rings (SSSR count). The van der Waals surface area contributed by atoms with Gasteiger partial charge >= 0.3 is 5.97 Å². The minimum absolute atomic E-state index is 0.310. The number of carbonyl (C=O) groups is 1. The number of aromatic nitrogens is 4. The minimum atomic E-state index is -0.910. The SMILES string of the molecule is O=C(O)c1ccc2c(c1)CN(c1ccc(-c3ccc(-c4nc5ccc(Cl)cc5[nH]4)cn3)cn1)C2. The Labute approximate surface area is 199 Å². The van der Waals surface area contributed by atoms with E-state index in [1.807, 2.05) is 54.7 Å². The number of benzene rings is 2. The Bertz CT molecular complexity index is 1540. The number of halogens is 1. The molecule has 3 aromatic heterocycles. The van der Waals surface area contributed by atoms with Crippen molar-refractivity contribution in [1.29, 1.82) is 0 Å². The molecular formula is C26H18ClN5O2. The summed E-state index contributed by atoms with van der Waals surface area (Å²) in [5.41, 5.74) is 6.81. The zero-order valence-electron chi connectivity index (χ0n) is 17.9. The highest BCUT2D eigenvalue weighted by atomic mass is 35.5. The van der Waals surface area contributed by atoms with Crippen LogP contribution in [0.25, 0.3) is 33.7 Å². The lowest BCUT2D eigenvalue weighted by molar-refractivity contribution is 0.0696. The Morgan fingerprint density at radius 1 is 0.912 bits per heavy atom. The number of aromatic amines is 1. The second-order valence-electron chi connectivity index (χ2n) is 8.23. The molecule has 2 aromatic carbocycles. The molecule has 1 aliphatic rings. The van der Waals surface area contributed by atoms with Gasteiger partial charge in [0.25, 0.3) is 0 Å². The van der Waals surface area contributed by atoms with E-state index in [4.69, 9.17) is 11.6 Å². The van der Waals surface area contributed by atoms with Gasteiger partial charge in [0.1, 0.15) is 11.6 Å². The van der Waals surface area contributed by atoms with Crippen molar-refractivity contribution in [3.05, 3.63) is 94.8 Å². The van der Waals surface area contributed by atoms with Crippen LogP contribution >= 0.6 is 11.6 Å². The topological polar surface area (TPSA) is 95.0 Å². The molecule has 34 heavy (non-hydrogen) atoms. The lowest BCUT2D eigenvalue weighted by atomic mass is 10.1. The number of carboxylic acid groups (broad SMARTS) is 1. The molecule has 0 unspecified atom stereocenters. The standard InChI is InChI=1S/C26H18ClN5O2/c27-20-5-7-22-23(10-20)31-25(30-22)17-3-6-21(28-12-17)16-4-8-24(29-11-16)32-13-18-2-1-15(26(33)34)9-19(18)14-32/h1-12H,13-14H2,(H,30,31)(H,33,34). The lowest BCUT2D eigenvalue weighted by Gasteiger charge is -2.16. The first-order chi connectivity index (χ1) is 16.5.